The lowest BCUT2D eigenvalue weighted by molar-refractivity contribution is 0.0677. The second kappa shape index (κ2) is 11.3. The van der Waals surface area contributed by atoms with E-state index in [1.807, 2.05) is 20.8 Å². The van der Waals surface area contributed by atoms with Crippen LogP contribution in [0.4, 0.5) is 4.39 Å². The number of unbranched alkanes of at least 4 members (excludes halogenated alkanes) is 1. The minimum absolute atomic E-state index is 0.0470. The maximum absolute atomic E-state index is 14.4. The number of aryl methyl sites for hydroxylation is 2. The Morgan fingerprint density at radius 1 is 1.06 bits per heavy atom. The molecule has 7 heteroatoms. The molecule has 0 spiro atoms. The van der Waals surface area contributed by atoms with Crippen LogP contribution in [0.15, 0.2) is 30.3 Å². The van der Waals surface area contributed by atoms with Crippen molar-refractivity contribution < 1.29 is 33.7 Å². The van der Waals surface area contributed by atoms with E-state index in [9.17, 15) is 24.2 Å². The number of hydrogen-bond acceptors (Lipinski definition) is 4. The fraction of sp³-hybridized carbons (Fsp3) is 0.417. The molecule has 0 aliphatic heterocycles. The van der Waals surface area contributed by atoms with Gasteiger partial charge < -0.3 is 19.7 Å². The van der Waals surface area contributed by atoms with Crippen molar-refractivity contribution in [3.8, 4) is 11.5 Å². The minimum atomic E-state index is -1.36. The van der Waals surface area contributed by atoms with Gasteiger partial charge in [-0.15, -0.1) is 0 Å². The minimum Gasteiger partial charge on any atom is -0.493 e. The second-order valence-corrected chi connectivity index (χ2v) is 7.72. The smallest absolute Gasteiger partial charge is 0.342 e. The Balaban J connectivity index is 2.03. The number of carbonyl (C=O) groups is 2. The summed E-state index contributed by atoms with van der Waals surface area (Å²) in [6.45, 7) is 6.43. The molecule has 0 fully saturated rings. The zero-order chi connectivity index (χ0) is 23.0. The lowest BCUT2D eigenvalue weighted by Gasteiger charge is -2.16. The van der Waals surface area contributed by atoms with Crippen LogP contribution in [-0.2, 0) is 6.42 Å². The average molecular weight is 432 g/mol. The highest BCUT2D eigenvalue weighted by Gasteiger charge is 2.19. The SMILES string of the molecule is CCCCOc1cc(CCC(C)COc2cc(C)ccc2C(=O)O)cc(F)c1C(=O)O. The molecular weight excluding hydrogens is 403 g/mol. The van der Waals surface area contributed by atoms with Gasteiger partial charge in [-0.3, -0.25) is 0 Å². The van der Waals surface area contributed by atoms with E-state index in [-0.39, 0.29) is 17.2 Å². The highest BCUT2D eigenvalue weighted by Crippen LogP contribution is 2.26. The summed E-state index contributed by atoms with van der Waals surface area (Å²) in [6.07, 6.45) is 2.78. The first-order chi connectivity index (χ1) is 14.7. The fourth-order valence-electron chi connectivity index (χ4n) is 3.08. The molecule has 0 aromatic heterocycles. The van der Waals surface area contributed by atoms with E-state index in [2.05, 4.69) is 0 Å². The molecule has 2 aromatic carbocycles. The maximum atomic E-state index is 14.4. The van der Waals surface area contributed by atoms with Gasteiger partial charge in [0.25, 0.3) is 0 Å². The van der Waals surface area contributed by atoms with E-state index >= 15 is 0 Å². The summed E-state index contributed by atoms with van der Waals surface area (Å²) in [5, 5.41) is 18.6. The first-order valence-corrected chi connectivity index (χ1v) is 10.4. The molecule has 2 N–H and O–H groups in total. The number of carboxylic acids is 2. The summed E-state index contributed by atoms with van der Waals surface area (Å²) in [5.74, 6) is -2.79. The summed E-state index contributed by atoms with van der Waals surface area (Å²) in [5.41, 5.74) is 1.20. The van der Waals surface area contributed by atoms with Crippen LogP contribution in [0.5, 0.6) is 11.5 Å². The first-order valence-electron chi connectivity index (χ1n) is 10.4. The van der Waals surface area contributed by atoms with Gasteiger partial charge in [-0.05, 0) is 67.5 Å². The van der Waals surface area contributed by atoms with Gasteiger partial charge in [-0.2, -0.15) is 0 Å². The van der Waals surface area contributed by atoms with Crippen LogP contribution in [0.25, 0.3) is 0 Å². The molecule has 0 amide bonds. The molecule has 31 heavy (non-hydrogen) atoms. The monoisotopic (exact) mass is 432 g/mol. The highest BCUT2D eigenvalue weighted by atomic mass is 19.1. The normalized spacial score (nSPS) is 11.7. The van der Waals surface area contributed by atoms with E-state index in [1.165, 1.54) is 12.1 Å². The molecule has 6 nitrogen and oxygen atoms in total. The number of ether oxygens (including phenoxy) is 2. The van der Waals surface area contributed by atoms with Crippen molar-refractivity contribution in [1.82, 2.24) is 0 Å². The highest BCUT2D eigenvalue weighted by molar-refractivity contribution is 5.91. The average Bonchev–Trinajstić information content (AvgIpc) is 2.70. The Bertz CT molecular complexity index is 925. The number of carboxylic acid groups (broad SMARTS) is 2. The Morgan fingerprint density at radius 3 is 2.45 bits per heavy atom. The third-order valence-corrected chi connectivity index (χ3v) is 4.90. The summed E-state index contributed by atoms with van der Waals surface area (Å²) >= 11 is 0. The number of hydrogen-bond donors (Lipinski definition) is 2. The molecule has 0 radical (unpaired) electrons. The van der Waals surface area contributed by atoms with Gasteiger partial charge in [-0.25, -0.2) is 14.0 Å². The quantitative estimate of drug-likeness (QED) is 0.439. The number of rotatable bonds is 12. The summed E-state index contributed by atoms with van der Waals surface area (Å²) in [4.78, 5) is 22.7. The van der Waals surface area contributed by atoms with Crippen LogP contribution in [0.2, 0.25) is 0 Å². The standard InChI is InChI=1S/C24H29FO6/c1-4-5-10-30-21-13-17(12-19(25)22(21)24(28)29)8-6-16(3)14-31-20-11-15(2)7-9-18(20)23(26)27/h7,9,11-13,16H,4-6,8,10,14H2,1-3H3,(H,26,27)(H,28,29). The molecular formula is C24H29FO6. The van der Waals surface area contributed by atoms with Crippen LogP contribution in [0.3, 0.4) is 0 Å². The molecule has 0 aliphatic carbocycles. The van der Waals surface area contributed by atoms with E-state index in [0.717, 1.165) is 18.4 Å². The number of benzene rings is 2. The lowest BCUT2D eigenvalue weighted by atomic mass is 10.00. The van der Waals surface area contributed by atoms with Crippen molar-refractivity contribution in [2.24, 2.45) is 5.92 Å². The maximum Gasteiger partial charge on any atom is 0.342 e. The molecule has 2 aromatic rings. The molecule has 1 atom stereocenters. The number of halogens is 1. The molecule has 0 aliphatic rings. The zero-order valence-electron chi connectivity index (χ0n) is 18.1. The zero-order valence-corrected chi connectivity index (χ0v) is 18.1. The van der Waals surface area contributed by atoms with Crippen LogP contribution >= 0.6 is 0 Å². The molecule has 1 unspecified atom stereocenters. The van der Waals surface area contributed by atoms with Gasteiger partial charge in [0.15, 0.2) is 0 Å². The third kappa shape index (κ3) is 6.98. The second-order valence-electron chi connectivity index (χ2n) is 7.72. The largest absolute Gasteiger partial charge is 0.493 e. The first kappa shape index (κ1) is 24.2. The van der Waals surface area contributed by atoms with Crippen molar-refractivity contribution in [3.63, 3.8) is 0 Å². The van der Waals surface area contributed by atoms with E-state index in [4.69, 9.17) is 9.47 Å². The lowest BCUT2D eigenvalue weighted by Crippen LogP contribution is -2.12. The Kier molecular flexibility index (Phi) is 8.85. The van der Waals surface area contributed by atoms with Gasteiger partial charge >= 0.3 is 11.9 Å². The van der Waals surface area contributed by atoms with Crippen molar-refractivity contribution in [1.29, 1.82) is 0 Å². The molecule has 0 heterocycles. The third-order valence-electron chi connectivity index (χ3n) is 4.90. The molecule has 0 saturated heterocycles. The van der Waals surface area contributed by atoms with Gasteiger partial charge in [0.2, 0.25) is 0 Å². The van der Waals surface area contributed by atoms with Crippen LogP contribution in [0, 0.1) is 18.7 Å². The summed E-state index contributed by atoms with van der Waals surface area (Å²) in [6, 6.07) is 7.74. The van der Waals surface area contributed by atoms with E-state index in [1.54, 1.807) is 18.2 Å². The van der Waals surface area contributed by atoms with Crippen LogP contribution in [-0.4, -0.2) is 35.4 Å². The molecule has 2 rings (SSSR count). The van der Waals surface area contributed by atoms with Crippen molar-refractivity contribution in [2.45, 2.75) is 46.5 Å². The van der Waals surface area contributed by atoms with Crippen LogP contribution < -0.4 is 9.47 Å². The number of aromatic carboxylic acids is 2. The Labute approximate surface area is 181 Å². The summed E-state index contributed by atoms with van der Waals surface area (Å²) < 4.78 is 25.6. The van der Waals surface area contributed by atoms with Crippen molar-refractivity contribution >= 4 is 11.9 Å². The Hall–Kier alpha value is -3.09. The van der Waals surface area contributed by atoms with Gasteiger partial charge in [0.05, 0.1) is 13.2 Å². The van der Waals surface area contributed by atoms with E-state index < -0.39 is 23.3 Å². The molecule has 0 bridgehead atoms. The molecule has 168 valence electrons. The molecule has 0 saturated carbocycles. The predicted octanol–water partition coefficient (Wildman–Crippen LogP) is 5.36. The predicted molar refractivity (Wildman–Crippen MR) is 115 cm³/mol. The van der Waals surface area contributed by atoms with Crippen LogP contribution in [0.1, 0.15) is 65.0 Å². The Morgan fingerprint density at radius 2 is 1.81 bits per heavy atom. The fourth-order valence-corrected chi connectivity index (χ4v) is 3.08. The van der Waals surface area contributed by atoms with Gasteiger partial charge in [0.1, 0.15) is 28.4 Å². The van der Waals surface area contributed by atoms with Gasteiger partial charge in [0, 0.05) is 0 Å². The van der Waals surface area contributed by atoms with Crippen molar-refractivity contribution in [2.75, 3.05) is 13.2 Å². The topological polar surface area (TPSA) is 93.1 Å². The van der Waals surface area contributed by atoms with Crippen molar-refractivity contribution in [3.05, 3.63) is 58.4 Å². The van der Waals surface area contributed by atoms with E-state index in [0.29, 0.717) is 37.4 Å². The summed E-state index contributed by atoms with van der Waals surface area (Å²) in [7, 11) is 0. The van der Waals surface area contributed by atoms with Gasteiger partial charge in [-0.1, -0.05) is 26.3 Å².